The lowest BCUT2D eigenvalue weighted by molar-refractivity contribution is 0.563. The number of aryl methyl sites for hydroxylation is 1. The largest absolute Gasteiger partial charge is 0.351 e. The van der Waals surface area contributed by atoms with Crippen molar-refractivity contribution in [2.24, 2.45) is 0 Å². The number of anilines is 1. The molecule has 5 rings (SSSR count). The van der Waals surface area contributed by atoms with Gasteiger partial charge in [-0.25, -0.2) is 0 Å². The van der Waals surface area contributed by atoms with E-state index < -0.39 is 0 Å². The molecular weight excluding hydrogens is 424 g/mol. The van der Waals surface area contributed by atoms with Crippen LogP contribution in [0.2, 0.25) is 0 Å². The van der Waals surface area contributed by atoms with Crippen molar-refractivity contribution in [1.82, 2.24) is 14.9 Å². The van der Waals surface area contributed by atoms with Crippen molar-refractivity contribution in [3.05, 3.63) is 113 Å². The molecule has 0 aliphatic carbocycles. The minimum atomic E-state index is -0.0531. The zero-order chi connectivity index (χ0) is 23.1. The Labute approximate surface area is 200 Å². The molecule has 2 atom stereocenters. The Hall–Kier alpha value is -3.44. The quantitative estimate of drug-likeness (QED) is 0.369. The molecule has 5 heteroatoms. The van der Waals surface area contributed by atoms with Gasteiger partial charge in [-0.05, 0) is 87.4 Å². The third-order valence-electron chi connectivity index (χ3n) is 6.70. The van der Waals surface area contributed by atoms with E-state index in [1.807, 2.05) is 18.3 Å². The lowest BCUT2D eigenvalue weighted by Gasteiger charge is -2.29. The summed E-state index contributed by atoms with van der Waals surface area (Å²) in [6, 6.07) is 25.1. The Kier molecular flexibility index (Phi) is 5.51. The van der Waals surface area contributed by atoms with E-state index in [0.29, 0.717) is 0 Å². The molecule has 2 aromatic heterocycles. The Morgan fingerprint density at radius 3 is 2.24 bits per heavy atom. The van der Waals surface area contributed by atoms with Gasteiger partial charge in [-0.3, -0.25) is 4.98 Å². The minimum Gasteiger partial charge on any atom is -0.351 e. The summed E-state index contributed by atoms with van der Waals surface area (Å²) < 4.78 is 2.36. The Bertz CT molecular complexity index is 1310. The smallest absolute Gasteiger partial charge is 0.174 e. The SMILES string of the molecule is Cc1cccc(N2C(=S)N[C@@H](c3ccccn3)[C@@H]2c2c(C)c(C)n(-c3ccccc3)c2C)c1. The number of aromatic nitrogens is 2. The molecule has 1 fully saturated rings. The Morgan fingerprint density at radius 1 is 0.818 bits per heavy atom. The first-order chi connectivity index (χ1) is 16.0. The fourth-order valence-corrected chi connectivity index (χ4v) is 5.46. The van der Waals surface area contributed by atoms with Crippen LogP contribution < -0.4 is 10.2 Å². The first-order valence-corrected chi connectivity index (χ1v) is 11.7. The topological polar surface area (TPSA) is 33.1 Å². The summed E-state index contributed by atoms with van der Waals surface area (Å²) in [4.78, 5) is 6.98. The van der Waals surface area contributed by atoms with Gasteiger partial charge in [-0.2, -0.15) is 0 Å². The van der Waals surface area contributed by atoms with Crippen LogP contribution in [0.3, 0.4) is 0 Å². The van der Waals surface area contributed by atoms with E-state index in [2.05, 4.69) is 103 Å². The number of hydrogen-bond donors (Lipinski definition) is 1. The van der Waals surface area contributed by atoms with Gasteiger partial charge in [0.05, 0.1) is 17.8 Å². The average Bonchev–Trinajstić information content (AvgIpc) is 3.27. The van der Waals surface area contributed by atoms with Gasteiger partial charge in [0.25, 0.3) is 0 Å². The van der Waals surface area contributed by atoms with Gasteiger partial charge >= 0.3 is 0 Å². The molecule has 0 radical (unpaired) electrons. The zero-order valence-corrected chi connectivity index (χ0v) is 20.2. The van der Waals surface area contributed by atoms with Crippen molar-refractivity contribution in [1.29, 1.82) is 0 Å². The van der Waals surface area contributed by atoms with Crippen LogP contribution in [0.1, 0.15) is 45.9 Å². The molecular formula is C28H28N4S. The Balaban J connectivity index is 1.74. The predicted molar refractivity (Wildman–Crippen MR) is 139 cm³/mol. The molecule has 0 spiro atoms. The number of benzene rings is 2. The van der Waals surface area contributed by atoms with E-state index in [1.165, 1.54) is 33.8 Å². The maximum Gasteiger partial charge on any atom is 0.174 e. The van der Waals surface area contributed by atoms with E-state index in [9.17, 15) is 0 Å². The van der Waals surface area contributed by atoms with Gasteiger partial charge in [0.2, 0.25) is 0 Å². The van der Waals surface area contributed by atoms with Crippen LogP contribution in [0, 0.1) is 27.7 Å². The third kappa shape index (κ3) is 3.62. The highest BCUT2D eigenvalue weighted by atomic mass is 32.1. The van der Waals surface area contributed by atoms with Gasteiger partial charge in [0, 0.05) is 34.5 Å². The summed E-state index contributed by atoms with van der Waals surface area (Å²) >= 11 is 5.92. The molecule has 4 aromatic rings. The summed E-state index contributed by atoms with van der Waals surface area (Å²) in [6.07, 6.45) is 1.85. The standard InChI is InChI=1S/C28H28N4S/c1-18-11-10-14-23(17-18)32-27(26(30-28(32)33)24-15-8-9-16-29-24)25-19(2)20(3)31(21(25)4)22-12-6-5-7-13-22/h5-17,26-27H,1-4H3,(H,30,33)/t26-,27-/m0/s1. The van der Waals surface area contributed by atoms with Gasteiger partial charge in [-0.1, -0.05) is 36.4 Å². The molecule has 166 valence electrons. The van der Waals surface area contributed by atoms with Crippen molar-refractivity contribution in [3.63, 3.8) is 0 Å². The average molecular weight is 453 g/mol. The van der Waals surface area contributed by atoms with Crippen LogP contribution in [0.15, 0.2) is 79.0 Å². The fourth-order valence-electron chi connectivity index (χ4n) is 5.11. The molecule has 0 unspecified atom stereocenters. The molecule has 1 N–H and O–H groups in total. The summed E-state index contributed by atoms with van der Waals surface area (Å²) in [5.74, 6) is 0. The Morgan fingerprint density at radius 2 is 1.55 bits per heavy atom. The van der Waals surface area contributed by atoms with Crippen molar-refractivity contribution < 1.29 is 0 Å². The van der Waals surface area contributed by atoms with E-state index in [0.717, 1.165) is 16.5 Å². The van der Waals surface area contributed by atoms with Crippen molar-refractivity contribution in [3.8, 4) is 5.69 Å². The van der Waals surface area contributed by atoms with Gasteiger partial charge in [0.1, 0.15) is 0 Å². The monoisotopic (exact) mass is 452 g/mol. The number of nitrogens with one attached hydrogen (secondary N) is 1. The second kappa shape index (κ2) is 8.49. The van der Waals surface area contributed by atoms with Crippen LogP contribution in [0.4, 0.5) is 5.69 Å². The highest BCUT2D eigenvalue weighted by Crippen LogP contribution is 2.45. The maximum absolute atomic E-state index is 5.92. The molecule has 0 saturated carbocycles. The maximum atomic E-state index is 5.92. The summed E-state index contributed by atoms with van der Waals surface area (Å²) in [5, 5.41) is 4.32. The number of thiocarbonyl (C=S) groups is 1. The normalized spacial score (nSPS) is 17.9. The van der Waals surface area contributed by atoms with E-state index >= 15 is 0 Å². The summed E-state index contributed by atoms with van der Waals surface area (Å²) in [7, 11) is 0. The molecule has 1 aliphatic rings. The third-order valence-corrected chi connectivity index (χ3v) is 7.01. The van der Waals surface area contributed by atoms with Crippen LogP contribution >= 0.6 is 12.2 Å². The lowest BCUT2D eigenvalue weighted by atomic mass is 9.93. The number of pyridine rings is 1. The van der Waals surface area contributed by atoms with Crippen molar-refractivity contribution in [2.45, 2.75) is 39.8 Å². The zero-order valence-electron chi connectivity index (χ0n) is 19.4. The first kappa shape index (κ1) is 21.4. The minimum absolute atomic E-state index is 0.0159. The highest BCUT2D eigenvalue weighted by molar-refractivity contribution is 7.80. The number of rotatable bonds is 4. The van der Waals surface area contributed by atoms with Crippen LogP contribution in [0.5, 0.6) is 0 Å². The highest BCUT2D eigenvalue weighted by Gasteiger charge is 2.43. The molecule has 3 heterocycles. The van der Waals surface area contributed by atoms with Crippen molar-refractivity contribution in [2.75, 3.05) is 4.90 Å². The van der Waals surface area contributed by atoms with Crippen molar-refractivity contribution >= 4 is 23.0 Å². The molecule has 0 bridgehead atoms. The number of hydrogen-bond acceptors (Lipinski definition) is 2. The van der Waals surface area contributed by atoms with Crippen LogP contribution in [0.25, 0.3) is 5.69 Å². The second-order valence-corrected chi connectivity index (χ2v) is 9.10. The first-order valence-electron chi connectivity index (χ1n) is 11.3. The molecule has 33 heavy (non-hydrogen) atoms. The van der Waals surface area contributed by atoms with E-state index in [1.54, 1.807) is 0 Å². The molecule has 1 saturated heterocycles. The van der Waals surface area contributed by atoms with Gasteiger partial charge in [-0.15, -0.1) is 0 Å². The van der Waals surface area contributed by atoms with Crippen LogP contribution in [-0.4, -0.2) is 14.7 Å². The number of nitrogens with zero attached hydrogens (tertiary/aromatic N) is 3. The van der Waals surface area contributed by atoms with Crippen LogP contribution in [-0.2, 0) is 0 Å². The summed E-state index contributed by atoms with van der Waals surface area (Å²) in [5.41, 5.74) is 9.52. The van der Waals surface area contributed by atoms with Gasteiger partial charge < -0.3 is 14.8 Å². The molecule has 2 aromatic carbocycles. The van der Waals surface area contributed by atoms with E-state index in [-0.39, 0.29) is 12.1 Å². The number of para-hydroxylation sites is 1. The van der Waals surface area contributed by atoms with E-state index in [4.69, 9.17) is 17.2 Å². The molecule has 4 nitrogen and oxygen atoms in total. The fraction of sp³-hybridized carbons (Fsp3) is 0.214. The summed E-state index contributed by atoms with van der Waals surface area (Å²) in [6.45, 7) is 8.76. The molecule has 1 aliphatic heterocycles. The molecule has 0 amide bonds. The second-order valence-electron chi connectivity index (χ2n) is 8.72. The lowest BCUT2D eigenvalue weighted by Crippen LogP contribution is -2.29. The van der Waals surface area contributed by atoms with Gasteiger partial charge in [0.15, 0.2) is 5.11 Å². The predicted octanol–water partition coefficient (Wildman–Crippen LogP) is 6.28.